The summed E-state index contributed by atoms with van der Waals surface area (Å²) in [6.07, 6.45) is 0. The second-order valence-electron chi connectivity index (χ2n) is 4.74. The Labute approximate surface area is 116 Å². The summed E-state index contributed by atoms with van der Waals surface area (Å²) in [6.45, 7) is 6.11. The Morgan fingerprint density at radius 1 is 1.16 bits per heavy atom. The summed E-state index contributed by atoms with van der Waals surface area (Å²) in [4.78, 5) is 2.44. The molecule has 0 amide bonds. The van der Waals surface area contributed by atoms with E-state index in [1.807, 2.05) is 19.9 Å². The third-order valence-corrected chi connectivity index (χ3v) is 4.12. The van der Waals surface area contributed by atoms with Crippen LogP contribution >= 0.6 is 11.3 Å². The summed E-state index contributed by atoms with van der Waals surface area (Å²) in [7, 11) is 0. The molecule has 2 rings (SSSR count). The molecule has 0 bridgehead atoms. The van der Waals surface area contributed by atoms with E-state index >= 15 is 0 Å². The van der Waals surface area contributed by atoms with E-state index in [-0.39, 0.29) is 17.7 Å². The highest BCUT2D eigenvalue weighted by molar-refractivity contribution is 7.11. The first-order valence-electron chi connectivity index (χ1n) is 6.21. The van der Waals surface area contributed by atoms with Gasteiger partial charge < -0.3 is 5.32 Å². The average Bonchev–Trinajstić information content (AvgIpc) is 2.77. The van der Waals surface area contributed by atoms with Crippen LogP contribution in [0.3, 0.4) is 0 Å². The first kappa shape index (κ1) is 14.2. The highest BCUT2D eigenvalue weighted by Gasteiger charge is 2.13. The van der Waals surface area contributed by atoms with Crippen molar-refractivity contribution in [2.75, 3.05) is 0 Å². The van der Waals surface area contributed by atoms with Crippen molar-refractivity contribution in [1.82, 2.24) is 5.32 Å². The number of thiophene rings is 1. The van der Waals surface area contributed by atoms with Gasteiger partial charge in [-0.05, 0) is 50.6 Å². The second kappa shape index (κ2) is 5.80. The molecular weight excluding hydrogens is 264 g/mol. The minimum absolute atomic E-state index is 0.225. The summed E-state index contributed by atoms with van der Waals surface area (Å²) in [5, 5.41) is 3.22. The van der Waals surface area contributed by atoms with E-state index in [0.29, 0.717) is 17.7 Å². The van der Waals surface area contributed by atoms with E-state index < -0.39 is 0 Å². The Morgan fingerprint density at radius 2 is 1.89 bits per heavy atom. The number of halogens is 2. The van der Waals surface area contributed by atoms with Crippen LogP contribution in [0.1, 0.15) is 33.8 Å². The first-order valence-corrected chi connectivity index (χ1v) is 7.03. The zero-order chi connectivity index (χ0) is 14.0. The van der Waals surface area contributed by atoms with E-state index in [0.717, 1.165) is 0 Å². The standard InChI is InChI=1S/C15H17F2NS/c1-9-6-15(17)13(7-14(9)16)11(3)18-8-12-5-4-10(2)19-12/h4-7,11,18H,8H2,1-3H3. The zero-order valence-corrected chi connectivity index (χ0v) is 12.1. The summed E-state index contributed by atoms with van der Waals surface area (Å²) < 4.78 is 27.3. The lowest BCUT2D eigenvalue weighted by Crippen LogP contribution is -2.19. The van der Waals surface area contributed by atoms with Gasteiger partial charge in [-0.3, -0.25) is 0 Å². The Hall–Kier alpha value is -1.26. The number of hydrogen-bond donors (Lipinski definition) is 1. The van der Waals surface area contributed by atoms with Gasteiger partial charge in [-0.15, -0.1) is 11.3 Å². The Kier molecular flexibility index (Phi) is 4.32. The number of nitrogens with one attached hydrogen (secondary N) is 1. The SMILES string of the molecule is Cc1ccc(CNC(C)c2cc(F)c(C)cc2F)s1. The van der Waals surface area contributed by atoms with Gasteiger partial charge in [0.2, 0.25) is 0 Å². The molecule has 0 spiro atoms. The van der Waals surface area contributed by atoms with Gasteiger partial charge in [0.1, 0.15) is 11.6 Å². The molecule has 0 radical (unpaired) electrons. The molecule has 1 heterocycles. The highest BCUT2D eigenvalue weighted by atomic mass is 32.1. The molecule has 0 saturated carbocycles. The lowest BCUT2D eigenvalue weighted by molar-refractivity contribution is 0.518. The third-order valence-electron chi connectivity index (χ3n) is 3.12. The molecule has 0 fully saturated rings. The maximum Gasteiger partial charge on any atom is 0.128 e. The van der Waals surface area contributed by atoms with Crippen molar-refractivity contribution in [3.8, 4) is 0 Å². The van der Waals surface area contributed by atoms with E-state index in [4.69, 9.17) is 0 Å². The first-order chi connectivity index (χ1) is 8.97. The maximum absolute atomic E-state index is 13.8. The normalized spacial score (nSPS) is 12.7. The van der Waals surface area contributed by atoms with E-state index in [1.165, 1.54) is 21.9 Å². The third kappa shape index (κ3) is 3.39. The van der Waals surface area contributed by atoms with Crippen LogP contribution in [0.2, 0.25) is 0 Å². The monoisotopic (exact) mass is 281 g/mol. The molecule has 1 unspecified atom stereocenters. The predicted molar refractivity (Wildman–Crippen MR) is 75.4 cm³/mol. The smallest absolute Gasteiger partial charge is 0.128 e. The van der Waals surface area contributed by atoms with Crippen molar-refractivity contribution in [3.63, 3.8) is 0 Å². The summed E-state index contributed by atoms with van der Waals surface area (Å²) >= 11 is 1.70. The second-order valence-corrected chi connectivity index (χ2v) is 6.11. The highest BCUT2D eigenvalue weighted by Crippen LogP contribution is 2.22. The predicted octanol–water partition coefficient (Wildman–Crippen LogP) is 4.49. The molecule has 0 aliphatic rings. The van der Waals surface area contributed by atoms with Crippen LogP contribution in [-0.2, 0) is 6.54 Å². The minimum atomic E-state index is -0.364. The van der Waals surface area contributed by atoms with Gasteiger partial charge in [0.25, 0.3) is 0 Å². The molecule has 102 valence electrons. The molecule has 0 aliphatic carbocycles. The van der Waals surface area contributed by atoms with Gasteiger partial charge >= 0.3 is 0 Å². The van der Waals surface area contributed by atoms with Crippen LogP contribution < -0.4 is 5.32 Å². The van der Waals surface area contributed by atoms with Crippen molar-refractivity contribution in [1.29, 1.82) is 0 Å². The van der Waals surface area contributed by atoms with Crippen LogP contribution in [0.5, 0.6) is 0 Å². The fourth-order valence-corrected chi connectivity index (χ4v) is 2.78. The van der Waals surface area contributed by atoms with Crippen molar-refractivity contribution in [3.05, 3.63) is 56.8 Å². The number of hydrogen-bond acceptors (Lipinski definition) is 2. The summed E-state index contributed by atoms with van der Waals surface area (Å²) in [6, 6.07) is 6.40. The maximum atomic E-state index is 13.8. The fraction of sp³-hybridized carbons (Fsp3) is 0.333. The van der Waals surface area contributed by atoms with Gasteiger partial charge in [0, 0.05) is 27.9 Å². The van der Waals surface area contributed by atoms with Gasteiger partial charge in [0.05, 0.1) is 0 Å². The van der Waals surface area contributed by atoms with Crippen LogP contribution in [0, 0.1) is 25.5 Å². The molecule has 1 N–H and O–H groups in total. The Balaban J connectivity index is 2.07. The zero-order valence-electron chi connectivity index (χ0n) is 11.3. The molecule has 1 aromatic carbocycles. The summed E-state index contributed by atoms with van der Waals surface area (Å²) in [5.41, 5.74) is 0.707. The quantitative estimate of drug-likeness (QED) is 0.870. The van der Waals surface area contributed by atoms with Crippen LogP contribution in [0.25, 0.3) is 0 Å². The Bertz CT molecular complexity index is 578. The van der Waals surface area contributed by atoms with Crippen LogP contribution in [-0.4, -0.2) is 0 Å². The summed E-state index contributed by atoms with van der Waals surface area (Å²) in [5.74, 6) is -0.724. The molecule has 1 nitrogen and oxygen atoms in total. The lowest BCUT2D eigenvalue weighted by atomic mass is 10.1. The molecule has 0 aliphatic heterocycles. The molecule has 4 heteroatoms. The molecular formula is C15H17F2NS. The number of rotatable bonds is 4. The van der Waals surface area contributed by atoms with Gasteiger partial charge in [-0.25, -0.2) is 8.78 Å². The van der Waals surface area contributed by atoms with E-state index in [2.05, 4.69) is 11.4 Å². The fourth-order valence-electron chi connectivity index (χ4n) is 1.94. The van der Waals surface area contributed by atoms with E-state index in [1.54, 1.807) is 18.3 Å². The molecule has 2 aromatic rings. The molecule has 0 saturated heterocycles. The minimum Gasteiger partial charge on any atom is -0.305 e. The van der Waals surface area contributed by atoms with Crippen molar-refractivity contribution >= 4 is 11.3 Å². The molecule has 19 heavy (non-hydrogen) atoms. The van der Waals surface area contributed by atoms with Crippen LogP contribution in [0.4, 0.5) is 8.78 Å². The number of aryl methyl sites for hydroxylation is 2. The van der Waals surface area contributed by atoms with Crippen molar-refractivity contribution in [2.24, 2.45) is 0 Å². The van der Waals surface area contributed by atoms with Gasteiger partial charge in [0.15, 0.2) is 0 Å². The Morgan fingerprint density at radius 3 is 2.53 bits per heavy atom. The van der Waals surface area contributed by atoms with Gasteiger partial charge in [-0.2, -0.15) is 0 Å². The lowest BCUT2D eigenvalue weighted by Gasteiger charge is -2.15. The topological polar surface area (TPSA) is 12.0 Å². The van der Waals surface area contributed by atoms with Gasteiger partial charge in [-0.1, -0.05) is 0 Å². The molecule has 1 atom stereocenters. The van der Waals surface area contributed by atoms with E-state index in [9.17, 15) is 8.78 Å². The van der Waals surface area contributed by atoms with Crippen molar-refractivity contribution < 1.29 is 8.78 Å². The van der Waals surface area contributed by atoms with Crippen molar-refractivity contribution in [2.45, 2.75) is 33.4 Å². The van der Waals surface area contributed by atoms with Crippen LogP contribution in [0.15, 0.2) is 24.3 Å². The molecule has 1 aromatic heterocycles. The largest absolute Gasteiger partial charge is 0.305 e. The number of benzene rings is 1. The average molecular weight is 281 g/mol.